The van der Waals surface area contributed by atoms with Gasteiger partial charge in [-0.15, -0.1) is 10.2 Å². The Balaban J connectivity index is 1.64. The molecule has 6 heteroatoms. The SMILES string of the molecule is O=C(CC1(CS)CC1)N1CCn2cnnc2C1. The number of hydrogen-bond donors (Lipinski definition) is 1. The van der Waals surface area contributed by atoms with Crippen LogP contribution in [0.5, 0.6) is 0 Å². The summed E-state index contributed by atoms with van der Waals surface area (Å²) in [5.74, 6) is 1.95. The Labute approximate surface area is 106 Å². The first-order valence-electron chi connectivity index (χ1n) is 5.98. The van der Waals surface area contributed by atoms with E-state index < -0.39 is 0 Å². The van der Waals surface area contributed by atoms with Gasteiger partial charge in [0, 0.05) is 19.5 Å². The van der Waals surface area contributed by atoms with Gasteiger partial charge in [0.1, 0.15) is 6.33 Å². The van der Waals surface area contributed by atoms with Crippen LogP contribution in [0.3, 0.4) is 0 Å². The van der Waals surface area contributed by atoms with Gasteiger partial charge in [-0.1, -0.05) is 0 Å². The largest absolute Gasteiger partial charge is 0.333 e. The van der Waals surface area contributed by atoms with Gasteiger partial charge in [-0.2, -0.15) is 12.6 Å². The Hall–Kier alpha value is -1.04. The van der Waals surface area contributed by atoms with Crippen LogP contribution in [0.1, 0.15) is 25.1 Å². The molecular weight excluding hydrogens is 236 g/mol. The maximum atomic E-state index is 12.2. The highest BCUT2D eigenvalue weighted by atomic mass is 32.1. The molecule has 1 amide bonds. The lowest BCUT2D eigenvalue weighted by Gasteiger charge is -2.28. The van der Waals surface area contributed by atoms with E-state index >= 15 is 0 Å². The molecule has 5 nitrogen and oxygen atoms in total. The van der Waals surface area contributed by atoms with Crippen molar-refractivity contribution in [2.75, 3.05) is 12.3 Å². The van der Waals surface area contributed by atoms with E-state index in [1.807, 2.05) is 9.47 Å². The average molecular weight is 252 g/mol. The van der Waals surface area contributed by atoms with E-state index in [0.29, 0.717) is 13.0 Å². The number of nitrogens with zero attached hydrogens (tertiary/aromatic N) is 4. The fourth-order valence-corrected chi connectivity index (χ4v) is 2.71. The summed E-state index contributed by atoms with van der Waals surface area (Å²) in [6.07, 6.45) is 4.66. The second kappa shape index (κ2) is 4.01. The van der Waals surface area contributed by atoms with E-state index in [1.165, 1.54) is 0 Å². The molecule has 2 heterocycles. The molecule has 1 aromatic rings. The quantitative estimate of drug-likeness (QED) is 0.807. The van der Waals surface area contributed by atoms with E-state index in [4.69, 9.17) is 0 Å². The van der Waals surface area contributed by atoms with Crippen LogP contribution in [0.4, 0.5) is 0 Å². The Kier molecular flexibility index (Phi) is 2.61. The van der Waals surface area contributed by atoms with Gasteiger partial charge in [0.2, 0.25) is 5.91 Å². The van der Waals surface area contributed by atoms with Crippen molar-refractivity contribution in [1.82, 2.24) is 19.7 Å². The monoisotopic (exact) mass is 252 g/mol. The van der Waals surface area contributed by atoms with E-state index in [2.05, 4.69) is 22.8 Å². The molecule has 0 aromatic carbocycles. The lowest BCUT2D eigenvalue weighted by Crippen LogP contribution is -2.39. The van der Waals surface area contributed by atoms with Crippen LogP contribution in [0.2, 0.25) is 0 Å². The van der Waals surface area contributed by atoms with E-state index in [1.54, 1.807) is 6.33 Å². The molecule has 2 aliphatic rings. The summed E-state index contributed by atoms with van der Waals surface area (Å²) >= 11 is 4.34. The van der Waals surface area contributed by atoms with Crippen LogP contribution in [0.15, 0.2) is 6.33 Å². The summed E-state index contributed by atoms with van der Waals surface area (Å²) in [6, 6.07) is 0. The molecule has 1 aliphatic carbocycles. The molecule has 1 aromatic heterocycles. The van der Waals surface area contributed by atoms with Crippen LogP contribution < -0.4 is 0 Å². The highest BCUT2D eigenvalue weighted by Gasteiger charge is 2.44. The van der Waals surface area contributed by atoms with Crippen molar-refractivity contribution in [3.63, 3.8) is 0 Å². The molecule has 1 saturated carbocycles. The number of aromatic nitrogens is 3. The lowest BCUT2D eigenvalue weighted by molar-refractivity contribution is -0.133. The van der Waals surface area contributed by atoms with E-state index in [-0.39, 0.29) is 11.3 Å². The lowest BCUT2D eigenvalue weighted by atomic mass is 10.0. The van der Waals surface area contributed by atoms with Crippen molar-refractivity contribution in [1.29, 1.82) is 0 Å². The first-order chi connectivity index (χ1) is 8.22. The van der Waals surface area contributed by atoms with Gasteiger partial charge in [0.25, 0.3) is 0 Å². The zero-order chi connectivity index (χ0) is 11.9. The minimum Gasteiger partial charge on any atom is -0.333 e. The van der Waals surface area contributed by atoms with Crippen molar-refractivity contribution in [3.05, 3.63) is 12.2 Å². The molecule has 0 N–H and O–H groups in total. The number of fused-ring (bicyclic) bond motifs is 1. The van der Waals surface area contributed by atoms with Crippen molar-refractivity contribution in [2.24, 2.45) is 5.41 Å². The van der Waals surface area contributed by atoms with Gasteiger partial charge in [-0.25, -0.2) is 0 Å². The van der Waals surface area contributed by atoms with Crippen LogP contribution in [-0.2, 0) is 17.9 Å². The van der Waals surface area contributed by atoms with Gasteiger partial charge >= 0.3 is 0 Å². The first-order valence-corrected chi connectivity index (χ1v) is 6.61. The zero-order valence-electron chi connectivity index (χ0n) is 9.67. The Morgan fingerprint density at radius 1 is 1.47 bits per heavy atom. The maximum absolute atomic E-state index is 12.2. The molecule has 0 radical (unpaired) electrons. The molecule has 0 spiro atoms. The van der Waals surface area contributed by atoms with Gasteiger partial charge in [0.05, 0.1) is 6.54 Å². The highest BCUT2D eigenvalue weighted by Crippen LogP contribution is 2.49. The third-order valence-electron chi connectivity index (χ3n) is 3.81. The minimum absolute atomic E-state index is 0.200. The van der Waals surface area contributed by atoms with Gasteiger partial charge in [-0.3, -0.25) is 4.79 Å². The molecule has 0 bridgehead atoms. The zero-order valence-corrected chi connectivity index (χ0v) is 10.6. The number of amides is 1. The normalized spacial score (nSPS) is 21.1. The first kappa shape index (κ1) is 11.1. The van der Waals surface area contributed by atoms with Crippen molar-refractivity contribution < 1.29 is 4.79 Å². The molecule has 17 heavy (non-hydrogen) atoms. The van der Waals surface area contributed by atoms with Crippen molar-refractivity contribution >= 4 is 18.5 Å². The fourth-order valence-electron chi connectivity index (χ4n) is 2.28. The molecule has 0 saturated heterocycles. The second-order valence-corrected chi connectivity index (χ2v) is 5.41. The van der Waals surface area contributed by atoms with Crippen LogP contribution in [-0.4, -0.2) is 37.9 Å². The number of carbonyl (C=O) groups is 1. The predicted molar refractivity (Wildman–Crippen MR) is 65.6 cm³/mol. The van der Waals surface area contributed by atoms with Crippen LogP contribution in [0, 0.1) is 5.41 Å². The maximum Gasteiger partial charge on any atom is 0.223 e. The third-order valence-corrected chi connectivity index (χ3v) is 4.48. The summed E-state index contributed by atoms with van der Waals surface area (Å²) in [4.78, 5) is 14.1. The molecular formula is C11H16N4OS. The molecule has 0 unspecified atom stereocenters. The summed E-state index contributed by atoms with van der Waals surface area (Å²) in [7, 11) is 0. The van der Waals surface area contributed by atoms with Crippen LogP contribution in [0.25, 0.3) is 0 Å². The third kappa shape index (κ3) is 2.06. The number of carbonyl (C=O) groups excluding carboxylic acids is 1. The molecule has 3 rings (SSSR count). The van der Waals surface area contributed by atoms with Gasteiger partial charge in [0.15, 0.2) is 5.82 Å². The molecule has 1 aliphatic heterocycles. The summed E-state index contributed by atoms with van der Waals surface area (Å²) in [5.41, 5.74) is 0.200. The molecule has 92 valence electrons. The fraction of sp³-hybridized carbons (Fsp3) is 0.727. The average Bonchev–Trinajstić information content (AvgIpc) is 2.96. The topological polar surface area (TPSA) is 51.0 Å². The van der Waals surface area contributed by atoms with E-state index in [9.17, 15) is 4.79 Å². The Morgan fingerprint density at radius 2 is 2.29 bits per heavy atom. The molecule has 1 fully saturated rings. The minimum atomic E-state index is 0.200. The summed E-state index contributed by atoms with van der Waals surface area (Å²) < 4.78 is 2.01. The smallest absolute Gasteiger partial charge is 0.223 e. The van der Waals surface area contributed by atoms with Gasteiger partial charge < -0.3 is 9.47 Å². The number of thiol groups is 1. The summed E-state index contributed by atoms with van der Waals surface area (Å²) in [6.45, 7) is 2.18. The Morgan fingerprint density at radius 3 is 3.00 bits per heavy atom. The highest BCUT2D eigenvalue weighted by molar-refractivity contribution is 7.80. The number of hydrogen-bond acceptors (Lipinski definition) is 4. The van der Waals surface area contributed by atoms with Crippen molar-refractivity contribution in [2.45, 2.75) is 32.4 Å². The van der Waals surface area contributed by atoms with E-state index in [0.717, 1.165) is 37.5 Å². The van der Waals surface area contributed by atoms with Gasteiger partial charge in [-0.05, 0) is 24.0 Å². The number of rotatable bonds is 3. The standard InChI is InChI=1S/C11H16N4OS/c16-10(5-11(7-17)1-2-11)14-3-4-15-8-12-13-9(15)6-14/h8,17H,1-7H2. The predicted octanol–water partition coefficient (Wildman–Crippen LogP) is 0.720. The Bertz CT molecular complexity index is 440. The second-order valence-electron chi connectivity index (χ2n) is 5.09. The van der Waals surface area contributed by atoms with Crippen molar-refractivity contribution in [3.8, 4) is 0 Å². The molecule has 0 atom stereocenters. The van der Waals surface area contributed by atoms with Crippen LogP contribution >= 0.6 is 12.6 Å². The summed E-state index contributed by atoms with van der Waals surface area (Å²) in [5, 5.41) is 7.89.